The van der Waals surface area contributed by atoms with E-state index in [9.17, 15) is 0 Å². The summed E-state index contributed by atoms with van der Waals surface area (Å²) in [6.45, 7) is 0. The van der Waals surface area contributed by atoms with Crippen LogP contribution in [0.1, 0.15) is 0 Å². The molecule has 5 aromatic rings. The Balaban J connectivity index is 0.000000191. The van der Waals surface area contributed by atoms with Crippen LogP contribution < -0.4 is 9.47 Å². The number of methoxy groups -OCH3 is 2. The summed E-state index contributed by atoms with van der Waals surface area (Å²) in [4.78, 5) is 9.96. The Bertz CT molecular complexity index is 1370. The summed E-state index contributed by atoms with van der Waals surface area (Å²) < 4.78 is 10.5. The van der Waals surface area contributed by atoms with Gasteiger partial charge in [-0.1, -0.05) is 42.0 Å². The predicted octanol–water partition coefficient (Wildman–Crippen LogP) is 6.99. The minimum Gasteiger partial charge on any atom is -0.540 e. The van der Waals surface area contributed by atoms with Gasteiger partial charge in [0.2, 0.25) is 0 Å². The maximum atomic E-state index is 5.36. The number of aromatic nitrogens is 2. The number of hydrogen-bond acceptors (Lipinski definition) is 5. The molecule has 0 atom stereocenters. The summed E-state index contributed by atoms with van der Waals surface area (Å²) in [5.41, 5.74) is 3.73. The maximum Gasteiger partial charge on any atom is 0.0647 e. The summed E-state index contributed by atoms with van der Waals surface area (Å²) >= 11 is 1.68. The van der Waals surface area contributed by atoms with Crippen LogP contribution in [-0.2, 0) is 20.1 Å². The fourth-order valence-electron chi connectivity index (χ4n) is 3.49. The van der Waals surface area contributed by atoms with Crippen LogP contribution in [0.25, 0.3) is 33.3 Å². The smallest absolute Gasteiger partial charge is 0.0647 e. The monoisotopic (exact) mass is 657 g/mol. The van der Waals surface area contributed by atoms with Crippen LogP contribution in [0, 0.1) is 12.1 Å². The predicted molar refractivity (Wildman–Crippen MR) is 139 cm³/mol. The Morgan fingerprint density at radius 3 is 2.37 bits per heavy atom. The van der Waals surface area contributed by atoms with E-state index in [0.29, 0.717) is 5.75 Å². The maximum absolute atomic E-state index is 5.36. The Morgan fingerprint density at radius 1 is 0.829 bits per heavy atom. The summed E-state index contributed by atoms with van der Waals surface area (Å²) in [5.74, 6) is 1.43. The van der Waals surface area contributed by atoms with Gasteiger partial charge >= 0.3 is 0 Å². The second kappa shape index (κ2) is 13.1. The van der Waals surface area contributed by atoms with Crippen molar-refractivity contribution in [3.8, 4) is 34.0 Å². The quantitative estimate of drug-likeness (QED) is 0.151. The molecule has 0 unspecified atom stereocenters. The van der Waals surface area contributed by atoms with E-state index in [1.807, 2.05) is 73.1 Å². The molecule has 0 bridgehead atoms. The first kappa shape index (κ1) is 26.4. The van der Waals surface area contributed by atoms with Gasteiger partial charge in [0, 0.05) is 48.9 Å². The van der Waals surface area contributed by atoms with E-state index in [-0.39, 0.29) is 20.1 Å². The zero-order valence-corrected chi connectivity index (χ0v) is 22.8. The molecule has 2 aromatic heterocycles. The standard InChI is InChI=1S/C15H10N.C14H14NO2S.Ir/c1-2-7-13(8-3-1)15-14-9-5-4-6-12(14)10-11-16-15;1-16-10-4-5-12(14(8-10)17-2)13-9-11(18-3)6-7-15-13;/h1-7,9-11H;4,6-9H,1-3H3;/q2*-1;. The average Bonchev–Trinajstić information content (AvgIpc) is 2.93. The van der Waals surface area contributed by atoms with E-state index in [4.69, 9.17) is 9.47 Å². The van der Waals surface area contributed by atoms with Crippen LogP contribution in [0.2, 0.25) is 0 Å². The minimum absolute atomic E-state index is 0. The summed E-state index contributed by atoms with van der Waals surface area (Å²) in [7, 11) is 3.25. The number of ether oxygens (including phenoxy) is 2. The third-order valence-corrected chi connectivity index (χ3v) is 5.92. The number of fused-ring (bicyclic) bond motifs is 1. The molecule has 1 radical (unpaired) electrons. The van der Waals surface area contributed by atoms with Gasteiger partial charge in [-0.3, -0.25) is 0 Å². The van der Waals surface area contributed by atoms with E-state index in [0.717, 1.165) is 33.2 Å². The van der Waals surface area contributed by atoms with Crippen LogP contribution >= 0.6 is 11.8 Å². The van der Waals surface area contributed by atoms with Crippen molar-refractivity contribution < 1.29 is 29.6 Å². The van der Waals surface area contributed by atoms with Crippen LogP contribution in [-0.4, -0.2) is 30.4 Å². The van der Waals surface area contributed by atoms with Crippen LogP contribution in [0.5, 0.6) is 11.5 Å². The van der Waals surface area contributed by atoms with Crippen molar-refractivity contribution in [2.24, 2.45) is 0 Å². The van der Waals surface area contributed by atoms with Gasteiger partial charge in [0.1, 0.15) is 0 Å². The van der Waals surface area contributed by atoms with Crippen molar-refractivity contribution in [2.45, 2.75) is 4.90 Å². The molecule has 179 valence electrons. The van der Waals surface area contributed by atoms with Crippen molar-refractivity contribution in [2.75, 3.05) is 20.5 Å². The first-order valence-corrected chi connectivity index (χ1v) is 11.9. The van der Waals surface area contributed by atoms with Crippen LogP contribution in [0.4, 0.5) is 0 Å². The normalized spacial score (nSPS) is 10.0. The number of thioether (sulfide) groups is 1. The van der Waals surface area contributed by atoms with E-state index in [1.54, 1.807) is 38.2 Å². The van der Waals surface area contributed by atoms with Gasteiger partial charge in [-0.25, -0.2) is 0 Å². The van der Waals surface area contributed by atoms with Gasteiger partial charge in [0.05, 0.1) is 14.2 Å². The Kier molecular flexibility index (Phi) is 9.86. The number of rotatable bonds is 5. The molecule has 4 nitrogen and oxygen atoms in total. The van der Waals surface area contributed by atoms with Crippen molar-refractivity contribution in [3.05, 3.63) is 103 Å². The summed E-state index contributed by atoms with van der Waals surface area (Å²) in [5, 5.41) is 2.39. The fraction of sp³-hybridized carbons (Fsp3) is 0.103. The number of benzene rings is 3. The molecule has 3 aromatic carbocycles. The zero-order chi connectivity index (χ0) is 23.8. The molecule has 5 rings (SSSR count). The largest absolute Gasteiger partial charge is 0.540 e. The molecular formula is C29H24IrN2O2S-2. The number of nitrogens with zero attached hydrogens (tertiary/aromatic N) is 2. The first-order chi connectivity index (χ1) is 16.7. The van der Waals surface area contributed by atoms with Gasteiger partial charge in [-0.05, 0) is 40.5 Å². The Hall–Kier alpha value is -3.18. The molecule has 0 amide bonds. The molecule has 0 fully saturated rings. The molecule has 6 heteroatoms. The second-order valence-corrected chi connectivity index (χ2v) is 8.10. The second-order valence-electron chi connectivity index (χ2n) is 7.22. The van der Waals surface area contributed by atoms with Crippen molar-refractivity contribution in [3.63, 3.8) is 0 Å². The zero-order valence-electron chi connectivity index (χ0n) is 19.6. The van der Waals surface area contributed by atoms with E-state index >= 15 is 0 Å². The molecular weight excluding hydrogens is 633 g/mol. The SMILES string of the molecule is COc1c[c-]c(-c2cc(SC)ccn2)c(OC)c1.[Ir].[c-]1ccccc1-c1nccc2ccccc12. The van der Waals surface area contributed by atoms with Crippen molar-refractivity contribution in [1.29, 1.82) is 0 Å². The van der Waals surface area contributed by atoms with Gasteiger partial charge in [-0.15, -0.1) is 59.8 Å². The Labute approximate surface area is 224 Å². The minimum atomic E-state index is 0. The third kappa shape index (κ3) is 6.49. The molecule has 0 saturated carbocycles. The molecule has 0 N–H and O–H groups in total. The van der Waals surface area contributed by atoms with Gasteiger partial charge in [-0.2, -0.15) is 0 Å². The van der Waals surface area contributed by atoms with Gasteiger partial charge in [0.25, 0.3) is 0 Å². The Morgan fingerprint density at radius 2 is 1.63 bits per heavy atom. The van der Waals surface area contributed by atoms with Crippen LogP contribution in [0.3, 0.4) is 0 Å². The molecule has 0 aliphatic carbocycles. The molecule has 0 aliphatic rings. The molecule has 0 spiro atoms. The van der Waals surface area contributed by atoms with Crippen molar-refractivity contribution in [1.82, 2.24) is 9.97 Å². The van der Waals surface area contributed by atoms with E-state index < -0.39 is 0 Å². The molecule has 0 saturated heterocycles. The van der Waals surface area contributed by atoms with Gasteiger partial charge < -0.3 is 19.4 Å². The fourth-order valence-corrected chi connectivity index (χ4v) is 3.91. The molecule has 0 aliphatic heterocycles. The van der Waals surface area contributed by atoms with Crippen molar-refractivity contribution >= 4 is 22.5 Å². The topological polar surface area (TPSA) is 44.2 Å². The number of hydrogen-bond donors (Lipinski definition) is 0. The van der Waals surface area contributed by atoms with Crippen LogP contribution in [0.15, 0.2) is 96.2 Å². The summed E-state index contributed by atoms with van der Waals surface area (Å²) in [6, 6.07) is 32.2. The molecule has 2 heterocycles. The first-order valence-electron chi connectivity index (χ1n) is 10.7. The summed E-state index contributed by atoms with van der Waals surface area (Å²) in [6.07, 6.45) is 5.67. The number of pyridine rings is 2. The van der Waals surface area contributed by atoms with E-state index in [1.165, 1.54) is 10.8 Å². The third-order valence-electron chi connectivity index (χ3n) is 5.20. The average molecular weight is 657 g/mol. The van der Waals surface area contributed by atoms with E-state index in [2.05, 4.69) is 34.2 Å². The molecule has 35 heavy (non-hydrogen) atoms. The van der Waals surface area contributed by atoms with Gasteiger partial charge in [0.15, 0.2) is 0 Å².